The fourth-order valence-electron chi connectivity index (χ4n) is 3.13. The second-order valence-corrected chi connectivity index (χ2v) is 7.03. The maximum atomic E-state index is 12.6. The molecule has 0 bridgehead atoms. The molecule has 6 nitrogen and oxygen atoms in total. The average Bonchev–Trinajstić information content (AvgIpc) is 3.27. The first kappa shape index (κ1) is 17.1. The molecule has 1 fully saturated rings. The number of aromatic amines is 1. The van der Waals surface area contributed by atoms with E-state index >= 15 is 0 Å². The van der Waals surface area contributed by atoms with Crippen molar-refractivity contribution < 1.29 is 9.53 Å². The highest BCUT2D eigenvalue weighted by Gasteiger charge is 2.26. The van der Waals surface area contributed by atoms with Gasteiger partial charge in [-0.3, -0.25) is 9.89 Å². The first-order chi connectivity index (χ1) is 11.7. The summed E-state index contributed by atoms with van der Waals surface area (Å²) in [5, 5.41) is 9.96. The van der Waals surface area contributed by atoms with Gasteiger partial charge < -0.3 is 9.64 Å². The van der Waals surface area contributed by atoms with E-state index in [0.717, 1.165) is 42.3 Å². The Morgan fingerprint density at radius 1 is 1.58 bits per heavy atom. The summed E-state index contributed by atoms with van der Waals surface area (Å²) in [5.74, 6) is 0.509. The molecule has 24 heavy (non-hydrogen) atoms. The number of H-pyrrole nitrogens is 1. The van der Waals surface area contributed by atoms with Crippen LogP contribution in [-0.2, 0) is 16.0 Å². The summed E-state index contributed by atoms with van der Waals surface area (Å²) < 4.78 is 5.56. The largest absolute Gasteiger partial charge is 0.372 e. The number of hydrogen-bond acceptors (Lipinski definition) is 5. The number of aromatic nitrogens is 3. The summed E-state index contributed by atoms with van der Waals surface area (Å²) in [5.41, 5.74) is 1.96. The van der Waals surface area contributed by atoms with Crippen LogP contribution in [-0.4, -0.2) is 45.7 Å². The van der Waals surface area contributed by atoms with E-state index < -0.39 is 0 Å². The fraction of sp³-hybridized carbons (Fsp3) is 0.588. The summed E-state index contributed by atoms with van der Waals surface area (Å²) in [4.78, 5) is 19.1. The molecule has 0 aliphatic carbocycles. The summed E-state index contributed by atoms with van der Waals surface area (Å²) in [6, 6.07) is 2.00. The number of nitrogens with one attached hydrogen (secondary N) is 1. The summed E-state index contributed by atoms with van der Waals surface area (Å²) >= 11 is 1.56. The standard InChI is InChI=1S/C17H24N4O2S/c1-3-23-12(2)17-19-14(11-24-17)9-16(22)21-8-4-5-13(10-21)15-6-7-18-20-15/h6-7,11-13H,3-5,8-10H2,1-2H3,(H,18,20)/t12-,13-/m0/s1. The minimum Gasteiger partial charge on any atom is -0.372 e. The first-order valence-corrected chi connectivity index (χ1v) is 9.38. The third kappa shape index (κ3) is 4.02. The number of thiazole rings is 1. The molecule has 1 aliphatic rings. The number of ether oxygens (including phenoxy) is 1. The molecule has 0 spiro atoms. The number of carbonyl (C=O) groups is 1. The molecule has 0 saturated carbocycles. The van der Waals surface area contributed by atoms with Gasteiger partial charge in [-0.05, 0) is 32.8 Å². The van der Waals surface area contributed by atoms with Crippen LogP contribution in [0.25, 0.3) is 0 Å². The second kappa shape index (κ2) is 7.90. The Morgan fingerprint density at radius 2 is 2.46 bits per heavy atom. The lowest BCUT2D eigenvalue weighted by molar-refractivity contribution is -0.131. The zero-order valence-corrected chi connectivity index (χ0v) is 15.0. The van der Waals surface area contributed by atoms with Gasteiger partial charge in [0.15, 0.2) is 0 Å². The lowest BCUT2D eigenvalue weighted by Crippen LogP contribution is -2.40. The van der Waals surface area contributed by atoms with Crippen LogP contribution in [0.3, 0.4) is 0 Å². The van der Waals surface area contributed by atoms with Crippen molar-refractivity contribution >= 4 is 17.2 Å². The maximum absolute atomic E-state index is 12.6. The van der Waals surface area contributed by atoms with Crippen molar-refractivity contribution in [1.29, 1.82) is 0 Å². The number of piperidine rings is 1. The average molecular weight is 348 g/mol. The predicted octanol–water partition coefficient (Wildman–Crippen LogP) is 2.91. The van der Waals surface area contributed by atoms with E-state index in [4.69, 9.17) is 4.74 Å². The zero-order chi connectivity index (χ0) is 16.9. The van der Waals surface area contributed by atoms with Gasteiger partial charge in [-0.25, -0.2) is 4.98 Å². The van der Waals surface area contributed by atoms with Gasteiger partial charge in [0, 0.05) is 42.9 Å². The van der Waals surface area contributed by atoms with Crippen LogP contribution >= 0.6 is 11.3 Å². The molecular formula is C17H24N4O2S. The van der Waals surface area contributed by atoms with Crippen molar-refractivity contribution in [2.24, 2.45) is 0 Å². The van der Waals surface area contributed by atoms with Crippen LogP contribution in [0.4, 0.5) is 0 Å². The molecular weight excluding hydrogens is 324 g/mol. The number of nitrogens with zero attached hydrogens (tertiary/aromatic N) is 3. The number of hydrogen-bond donors (Lipinski definition) is 1. The number of amides is 1. The molecule has 0 aromatic carbocycles. The number of likely N-dealkylation sites (tertiary alicyclic amines) is 1. The van der Waals surface area contributed by atoms with Gasteiger partial charge in [0.2, 0.25) is 5.91 Å². The smallest absolute Gasteiger partial charge is 0.228 e. The van der Waals surface area contributed by atoms with Crippen LogP contribution in [0.1, 0.15) is 55.1 Å². The molecule has 130 valence electrons. The number of rotatable bonds is 6. The Labute approximate surface area is 146 Å². The van der Waals surface area contributed by atoms with Crippen molar-refractivity contribution in [2.45, 2.75) is 45.1 Å². The van der Waals surface area contributed by atoms with E-state index in [1.54, 1.807) is 17.5 Å². The molecule has 3 rings (SSSR count). The molecule has 2 aromatic heterocycles. The third-order valence-corrected chi connectivity index (χ3v) is 5.46. The SMILES string of the molecule is CCO[C@@H](C)c1nc(CC(=O)N2CCC[C@H](c3ccn[nH]3)C2)cs1. The topological polar surface area (TPSA) is 71.1 Å². The maximum Gasteiger partial charge on any atom is 0.228 e. The molecule has 0 radical (unpaired) electrons. The van der Waals surface area contributed by atoms with E-state index in [1.165, 1.54) is 0 Å². The first-order valence-electron chi connectivity index (χ1n) is 8.50. The Bertz CT molecular complexity index is 655. The zero-order valence-electron chi connectivity index (χ0n) is 14.2. The molecule has 7 heteroatoms. The van der Waals surface area contributed by atoms with E-state index in [1.807, 2.05) is 30.2 Å². The summed E-state index contributed by atoms with van der Waals surface area (Å²) in [7, 11) is 0. The molecule has 2 aromatic rings. The normalized spacial score (nSPS) is 19.4. The van der Waals surface area contributed by atoms with Gasteiger partial charge in [-0.15, -0.1) is 11.3 Å². The Kier molecular flexibility index (Phi) is 5.63. The van der Waals surface area contributed by atoms with E-state index in [0.29, 0.717) is 18.9 Å². The number of carbonyl (C=O) groups excluding carboxylic acids is 1. The van der Waals surface area contributed by atoms with Crippen molar-refractivity contribution in [3.63, 3.8) is 0 Å². The van der Waals surface area contributed by atoms with Gasteiger partial charge in [-0.2, -0.15) is 5.10 Å². The minimum absolute atomic E-state index is 0.0106. The predicted molar refractivity (Wildman–Crippen MR) is 93.0 cm³/mol. The molecule has 1 amide bonds. The molecule has 1 saturated heterocycles. The Morgan fingerprint density at radius 3 is 3.21 bits per heavy atom. The van der Waals surface area contributed by atoms with Crippen LogP contribution in [0.5, 0.6) is 0 Å². The Balaban J connectivity index is 1.58. The molecule has 2 atom stereocenters. The Hall–Kier alpha value is -1.73. The second-order valence-electron chi connectivity index (χ2n) is 6.14. The quantitative estimate of drug-likeness (QED) is 0.871. The van der Waals surface area contributed by atoms with E-state index in [2.05, 4.69) is 15.2 Å². The van der Waals surface area contributed by atoms with Gasteiger partial charge >= 0.3 is 0 Å². The van der Waals surface area contributed by atoms with Crippen molar-refractivity contribution in [3.05, 3.63) is 34.0 Å². The van der Waals surface area contributed by atoms with Crippen molar-refractivity contribution in [1.82, 2.24) is 20.1 Å². The highest BCUT2D eigenvalue weighted by Crippen LogP contribution is 2.26. The summed E-state index contributed by atoms with van der Waals surface area (Å²) in [6.07, 6.45) is 4.25. The minimum atomic E-state index is -0.0106. The van der Waals surface area contributed by atoms with E-state index in [9.17, 15) is 4.79 Å². The van der Waals surface area contributed by atoms with Crippen LogP contribution < -0.4 is 0 Å². The van der Waals surface area contributed by atoms with Crippen molar-refractivity contribution in [3.8, 4) is 0 Å². The lowest BCUT2D eigenvalue weighted by atomic mass is 9.94. The van der Waals surface area contributed by atoms with Crippen LogP contribution in [0, 0.1) is 0 Å². The highest BCUT2D eigenvalue weighted by atomic mass is 32.1. The van der Waals surface area contributed by atoms with Gasteiger partial charge in [-0.1, -0.05) is 0 Å². The molecule has 3 heterocycles. The molecule has 0 unspecified atom stereocenters. The summed E-state index contributed by atoms with van der Waals surface area (Å²) in [6.45, 7) is 6.22. The van der Waals surface area contributed by atoms with Gasteiger partial charge in [0.05, 0.1) is 12.1 Å². The van der Waals surface area contributed by atoms with Gasteiger partial charge in [0.1, 0.15) is 11.1 Å². The van der Waals surface area contributed by atoms with Crippen molar-refractivity contribution in [2.75, 3.05) is 19.7 Å². The molecule has 1 N–H and O–H groups in total. The van der Waals surface area contributed by atoms with Gasteiger partial charge in [0.25, 0.3) is 0 Å². The molecule has 1 aliphatic heterocycles. The van der Waals surface area contributed by atoms with Crippen LogP contribution in [0.15, 0.2) is 17.6 Å². The monoisotopic (exact) mass is 348 g/mol. The highest BCUT2D eigenvalue weighted by molar-refractivity contribution is 7.09. The lowest BCUT2D eigenvalue weighted by Gasteiger charge is -2.32. The third-order valence-electron chi connectivity index (χ3n) is 4.40. The fourth-order valence-corrected chi connectivity index (χ4v) is 3.95. The van der Waals surface area contributed by atoms with Crippen LogP contribution in [0.2, 0.25) is 0 Å². The van der Waals surface area contributed by atoms with E-state index in [-0.39, 0.29) is 12.0 Å².